The third-order valence-electron chi connectivity index (χ3n) is 0.815. The van der Waals surface area contributed by atoms with Gasteiger partial charge in [-0.3, -0.25) is 0 Å². The SMILES string of the molecule is CCOCCC[NH2+][O-]. The quantitative estimate of drug-likeness (QED) is 0.391. The summed E-state index contributed by atoms with van der Waals surface area (Å²) in [5.41, 5.74) is 0.916. The zero-order valence-corrected chi connectivity index (χ0v) is 5.22. The summed E-state index contributed by atoms with van der Waals surface area (Å²) in [4.78, 5) is 0. The zero-order chi connectivity index (χ0) is 6.24. The van der Waals surface area contributed by atoms with Gasteiger partial charge in [0.25, 0.3) is 0 Å². The number of nitrogens with two attached hydrogens (primary N) is 1. The predicted octanol–water partition coefficient (Wildman–Crippen LogP) is -0.526. The van der Waals surface area contributed by atoms with Crippen molar-refractivity contribution >= 4 is 0 Å². The minimum Gasteiger partial charge on any atom is -0.636 e. The first-order valence-corrected chi connectivity index (χ1v) is 2.93. The van der Waals surface area contributed by atoms with E-state index in [1.807, 2.05) is 6.92 Å². The van der Waals surface area contributed by atoms with Crippen LogP contribution in [0.1, 0.15) is 13.3 Å². The average molecular weight is 119 g/mol. The molecule has 0 atom stereocenters. The van der Waals surface area contributed by atoms with Crippen LogP contribution in [-0.4, -0.2) is 19.8 Å². The Kier molecular flexibility index (Phi) is 6.78. The number of ether oxygens (including phenoxy) is 1. The summed E-state index contributed by atoms with van der Waals surface area (Å²) >= 11 is 0. The Bertz CT molecular complexity index is 35.4. The Labute approximate surface area is 49.6 Å². The van der Waals surface area contributed by atoms with Crippen LogP contribution in [-0.2, 0) is 4.74 Å². The standard InChI is InChI=1S/C5H13NO2/c1-2-8-5-3-4-6-7/h2-6H2,1H3. The summed E-state index contributed by atoms with van der Waals surface area (Å²) in [5.74, 6) is 0. The molecule has 8 heavy (non-hydrogen) atoms. The number of hydroxylamine groups is 1. The van der Waals surface area contributed by atoms with E-state index in [-0.39, 0.29) is 0 Å². The molecule has 0 aliphatic heterocycles. The molecule has 0 bridgehead atoms. The van der Waals surface area contributed by atoms with Crippen molar-refractivity contribution in [1.82, 2.24) is 0 Å². The molecule has 0 aliphatic carbocycles. The van der Waals surface area contributed by atoms with E-state index < -0.39 is 0 Å². The first kappa shape index (κ1) is 7.88. The van der Waals surface area contributed by atoms with Crippen molar-refractivity contribution in [3.05, 3.63) is 5.21 Å². The number of quaternary nitrogens is 1. The Morgan fingerprint density at radius 1 is 1.62 bits per heavy atom. The molecule has 3 nitrogen and oxygen atoms in total. The van der Waals surface area contributed by atoms with E-state index in [1.165, 1.54) is 0 Å². The fourth-order valence-corrected chi connectivity index (χ4v) is 0.413. The van der Waals surface area contributed by atoms with Gasteiger partial charge < -0.3 is 15.4 Å². The monoisotopic (exact) mass is 119 g/mol. The van der Waals surface area contributed by atoms with Crippen molar-refractivity contribution in [2.24, 2.45) is 0 Å². The summed E-state index contributed by atoms with van der Waals surface area (Å²) in [6.45, 7) is 4.04. The Hall–Kier alpha value is -0.120. The molecule has 0 aromatic rings. The third-order valence-corrected chi connectivity index (χ3v) is 0.815. The van der Waals surface area contributed by atoms with Crippen molar-refractivity contribution < 1.29 is 10.2 Å². The van der Waals surface area contributed by atoms with Crippen LogP contribution in [0.3, 0.4) is 0 Å². The van der Waals surface area contributed by atoms with Crippen LogP contribution in [0.25, 0.3) is 0 Å². The molecular weight excluding hydrogens is 106 g/mol. The van der Waals surface area contributed by atoms with Crippen molar-refractivity contribution in [2.75, 3.05) is 19.8 Å². The van der Waals surface area contributed by atoms with Gasteiger partial charge in [0, 0.05) is 13.0 Å². The van der Waals surface area contributed by atoms with E-state index >= 15 is 0 Å². The predicted molar refractivity (Wildman–Crippen MR) is 31.3 cm³/mol. The lowest BCUT2D eigenvalue weighted by molar-refractivity contribution is -0.589. The van der Waals surface area contributed by atoms with Gasteiger partial charge in [0.15, 0.2) is 0 Å². The van der Waals surface area contributed by atoms with E-state index in [1.54, 1.807) is 0 Å². The highest BCUT2D eigenvalue weighted by Gasteiger charge is 1.82. The highest BCUT2D eigenvalue weighted by molar-refractivity contribution is 4.28. The summed E-state index contributed by atoms with van der Waals surface area (Å²) in [5, 5.41) is 9.71. The van der Waals surface area contributed by atoms with Gasteiger partial charge in [0.2, 0.25) is 0 Å². The van der Waals surface area contributed by atoms with E-state index in [0.717, 1.165) is 25.1 Å². The fourth-order valence-electron chi connectivity index (χ4n) is 0.413. The number of hydrogen-bond donors (Lipinski definition) is 1. The number of rotatable bonds is 5. The lowest BCUT2D eigenvalue weighted by Gasteiger charge is -2.00. The molecule has 3 heteroatoms. The van der Waals surface area contributed by atoms with Crippen molar-refractivity contribution in [3.8, 4) is 0 Å². The first-order valence-electron chi connectivity index (χ1n) is 2.93. The Morgan fingerprint density at radius 2 is 2.38 bits per heavy atom. The van der Waals surface area contributed by atoms with E-state index in [4.69, 9.17) is 4.74 Å². The summed E-state index contributed by atoms with van der Waals surface area (Å²) < 4.78 is 4.98. The normalized spacial score (nSPS) is 9.75. The van der Waals surface area contributed by atoms with Gasteiger partial charge in [-0.15, -0.1) is 0 Å². The van der Waals surface area contributed by atoms with Gasteiger partial charge in [-0.1, -0.05) is 0 Å². The van der Waals surface area contributed by atoms with Gasteiger partial charge in [0.05, 0.1) is 13.2 Å². The van der Waals surface area contributed by atoms with Gasteiger partial charge in [-0.2, -0.15) is 0 Å². The highest BCUT2D eigenvalue weighted by Crippen LogP contribution is 1.75. The highest BCUT2D eigenvalue weighted by atomic mass is 16.5. The lowest BCUT2D eigenvalue weighted by Crippen LogP contribution is -2.77. The topological polar surface area (TPSA) is 48.9 Å². The van der Waals surface area contributed by atoms with Crippen LogP contribution in [0.4, 0.5) is 0 Å². The molecule has 0 aromatic carbocycles. The van der Waals surface area contributed by atoms with E-state index in [2.05, 4.69) is 0 Å². The van der Waals surface area contributed by atoms with Gasteiger partial charge in [-0.05, 0) is 6.92 Å². The molecule has 0 heterocycles. The minimum atomic E-state index is 0.625. The van der Waals surface area contributed by atoms with Crippen molar-refractivity contribution in [2.45, 2.75) is 13.3 Å². The van der Waals surface area contributed by atoms with Crippen LogP contribution >= 0.6 is 0 Å². The smallest absolute Gasteiger partial charge is 0.0774 e. The molecule has 0 radical (unpaired) electrons. The number of hydrogen-bond acceptors (Lipinski definition) is 2. The van der Waals surface area contributed by atoms with Crippen LogP contribution < -0.4 is 5.48 Å². The van der Waals surface area contributed by atoms with Crippen LogP contribution in [0.15, 0.2) is 0 Å². The first-order chi connectivity index (χ1) is 3.91. The molecule has 0 amide bonds. The Morgan fingerprint density at radius 3 is 2.88 bits per heavy atom. The second kappa shape index (κ2) is 6.88. The molecule has 0 rings (SSSR count). The third kappa shape index (κ3) is 5.88. The van der Waals surface area contributed by atoms with E-state index in [0.29, 0.717) is 6.54 Å². The summed E-state index contributed by atoms with van der Waals surface area (Å²) in [7, 11) is 0. The maximum atomic E-state index is 9.71. The zero-order valence-electron chi connectivity index (χ0n) is 5.22. The molecule has 0 aromatic heterocycles. The lowest BCUT2D eigenvalue weighted by atomic mass is 10.5. The summed E-state index contributed by atoms with van der Waals surface area (Å²) in [6, 6.07) is 0. The molecule has 0 saturated heterocycles. The van der Waals surface area contributed by atoms with Crippen LogP contribution in [0.5, 0.6) is 0 Å². The van der Waals surface area contributed by atoms with Gasteiger partial charge in [-0.25, -0.2) is 0 Å². The molecule has 0 aliphatic rings. The fraction of sp³-hybridized carbons (Fsp3) is 1.00. The molecule has 0 unspecified atom stereocenters. The molecule has 0 fully saturated rings. The van der Waals surface area contributed by atoms with Crippen molar-refractivity contribution in [3.63, 3.8) is 0 Å². The second-order valence-electron chi connectivity index (χ2n) is 1.51. The van der Waals surface area contributed by atoms with Crippen LogP contribution in [0.2, 0.25) is 0 Å². The van der Waals surface area contributed by atoms with Gasteiger partial charge >= 0.3 is 0 Å². The van der Waals surface area contributed by atoms with E-state index in [9.17, 15) is 5.21 Å². The maximum Gasteiger partial charge on any atom is 0.0774 e. The Balaban J connectivity index is 2.53. The molecule has 2 N–H and O–H groups in total. The maximum absolute atomic E-state index is 9.71. The summed E-state index contributed by atoms with van der Waals surface area (Å²) in [6.07, 6.45) is 0.858. The minimum absolute atomic E-state index is 0.625. The molecule has 0 spiro atoms. The largest absolute Gasteiger partial charge is 0.636 e. The molecular formula is C5H13NO2. The second-order valence-corrected chi connectivity index (χ2v) is 1.51. The van der Waals surface area contributed by atoms with Gasteiger partial charge in [0.1, 0.15) is 0 Å². The van der Waals surface area contributed by atoms with Crippen LogP contribution in [0, 0.1) is 5.21 Å². The molecule has 50 valence electrons. The average Bonchev–Trinajstić information content (AvgIpc) is 1.81. The molecule has 0 saturated carbocycles. The van der Waals surface area contributed by atoms with Crippen molar-refractivity contribution in [1.29, 1.82) is 0 Å².